The summed E-state index contributed by atoms with van der Waals surface area (Å²) in [6.45, 7) is 5.79. The van der Waals surface area contributed by atoms with E-state index >= 15 is 0 Å². The van der Waals surface area contributed by atoms with Crippen LogP contribution in [-0.2, 0) is 0 Å². The molecule has 1 aromatic heterocycles. The van der Waals surface area contributed by atoms with Crippen molar-refractivity contribution in [3.8, 4) is 0 Å². The summed E-state index contributed by atoms with van der Waals surface area (Å²) in [6.07, 6.45) is 2.04. The molecular formula is C10H15NO2. The van der Waals surface area contributed by atoms with Crippen LogP contribution in [0, 0.1) is 12.8 Å². The third-order valence-electron chi connectivity index (χ3n) is 1.83. The van der Waals surface area contributed by atoms with E-state index in [2.05, 4.69) is 5.16 Å². The van der Waals surface area contributed by atoms with Gasteiger partial charge in [0.2, 0.25) is 0 Å². The Hall–Kier alpha value is -1.12. The van der Waals surface area contributed by atoms with Crippen molar-refractivity contribution < 1.29 is 9.32 Å². The highest BCUT2D eigenvalue weighted by Gasteiger charge is 2.32. The van der Waals surface area contributed by atoms with E-state index in [0.29, 0.717) is 11.5 Å². The first-order valence-electron chi connectivity index (χ1n) is 4.75. The number of Topliss-reactive ketones (excluding diaryl/α,β-unsaturated/α-hetero) is 1. The van der Waals surface area contributed by atoms with Crippen LogP contribution < -0.4 is 0 Å². The summed E-state index contributed by atoms with van der Waals surface area (Å²) in [5.74, 6) is 1.08. The van der Waals surface area contributed by atoms with E-state index in [0.717, 1.165) is 12.8 Å². The number of rotatable bonds is 2. The van der Waals surface area contributed by atoms with Gasteiger partial charge in [-0.25, -0.2) is 0 Å². The standard InChI is InChI=1S/C8H9NO2.C2H6/c1-5-4-7(9-11-5)8(10)6-2-3-6;1-2/h4,6H,2-3H2,1H3;1-2H3. The minimum atomic E-state index is 0.141. The van der Waals surface area contributed by atoms with E-state index in [1.54, 1.807) is 13.0 Å². The molecule has 1 aliphatic carbocycles. The molecule has 72 valence electrons. The molecule has 13 heavy (non-hydrogen) atoms. The molecule has 3 heteroatoms. The third kappa shape index (κ3) is 2.41. The second-order valence-electron chi connectivity index (χ2n) is 2.96. The molecular weight excluding hydrogens is 166 g/mol. The molecule has 1 fully saturated rings. The molecule has 0 amide bonds. The lowest BCUT2D eigenvalue weighted by molar-refractivity contribution is 0.0958. The fraction of sp³-hybridized carbons (Fsp3) is 0.600. The molecule has 2 rings (SSSR count). The Bertz CT molecular complexity index is 287. The monoisotopic (exact) mass is 181 g/mol. The summed E-state index contributed by atoms with van der Waals surface area (Å²) < 4.78 is 4.79. The van der Waals surface area contributed by atoms with Crippen LogP contribution in [0.1, 0.15) is 42.9 Å². The fourth-order valence-electron chi connectivity index (χ4n) is 1.04. The molecule has 0 aliphatic heterocycles. The lowest BCUT2D eigenvalue weighted by Crippen LogP contribution is -2.00. The van der Waals surface area contributed by atoms with Crippen LogP contribution in [0.25, 0.3) is 0 Å². The zero-order chi connectivity index (χ0) is 9.84. The van der Waals surface area contributed by atoms with E-state index in [9.17, 15) is 4.79 Å². The first-order chi connectivity index (χ1) is 6.27. The summed E-state index contributed by atoms with van der Waals surface area (Å²) in [5, 5.41) is 3.65. The van der Waals surface area contributed by atoms with Gasteiger partial charge in [0.05, 0.1) is 0 Å². The molecule has 0 radical (unpaired) electrons. The molecule has 0 atom stereocenters. The van der Waals surface area contributed by atoms with Gasteiger partial charge in [0.1, 0.15) is 11.5 Å². The molecule has 1 aromatic rings. The maximum atomic E-state index is 11.3. The molecule has 1 saturated carbocycles. The number of aryl methyl sites for hydroxylation is 1. The summed E-state index contributed by atoms with van der Waals surface area (Å²) in [7, 11) is 0. The number of hydrogen-bond donors (Lipinski definition) is 0. The topological polar surface area (TPSA) is 43.1 Å². The highest BCUT2D eigenvalue weighted by Crippen LogP contribution is 2.32. The van der Waals surface area contributed by atoms with Gasteiger partial charge in [0.25, 0.3) is 0 Å². The summed E-state index contributed by atoms with van der Waals surface area (Å²) in [4.78, 5) is 11.3. The number of nitrogens with zero attached hydrogens (tertiary/aromatic N) is 1. The van der Waals surface area contributed by atoms with Gasteiger partial charge in [0, 0.05) is 12.0 Å². The Morgan fingerprint density at radius 1 is 1.54 bits per heavy atom. The summed E-state index contributed by atoms with van der Waals surface area (Å²) in [5.41, 5.74) is 0.491. The van der Waals surface area contributed by atoms with Crippen molar-refractivity contribution in [1.82, 2.24) is 5.16 Å². The third-order valence-corrected chi connectivity index (χ3v) is 1.83. The van der Waals surface area contributed by atoms with E-state index < -0.39 is 0 Å². The Morgan fingerprint density at radius 2 is 2.15 bits per heavy atom. The second-order valence-corrected chi connectivity index (χ2v) is 2.96. The maximum Gasteiger partial charge on any atom is 0.187 e. The van der Waals surface area contributed by atoms with Crippen LogP contribution in [0.15, 0.2) is 10.6 Å². The van der Waals surface area contributed by atoms with Crippen LogP contribution in [0.4, 0.5) is 0 Å². The number of hydrogen-bond acceptors (Lipinski definition) is 3. The van der Waals surface area contributed by atoms with Gasteiger partial charge in [-0.1, -0.05) is 19.0 Å². The Morgan fingerprint density at radius 3 is 2.54 bits per heavy atom. The van der Waals surface area contributed by atoms with Crippen molar-refractivity contribution in [2.75, 3.05) is 0 Å². The second kappa shape index (κ2) is 4.21. The van der Waals surface area contributed by atoms with Crippen LogP contribution in [-0.4, -0.2) is 10.9 Å². The van der Waals surface area contributed by atoms with Crippen LogP contribution >= 0.6 is 0 Å². The summed E-state index contributed by atoms with van der Waals surface area (Å²) >= 11 is 0. The molecule has 0 aromatic carbocycles. The zero-order valence-electron chi connectivity index (χ0n) is 8.33. The van der Waals surface area contributed by atoms with Crippen molar-refractivity contribution in [2.45, 2.75) is 33.6 Å². The van der Waals surface area contributed by atoms with E-state index in [4.69, 9.17) is 4.52 Å². The maximum absolute atomic E-state index is 11.3. The molecule has 0 saturated heterocycles. The van der Waals surface area contributed by atoms with Crippen molar-refractivity contribution in [3.63, 3.8) is 0 Å². The fourth-order valence-corrected chi connectivity index (χ4v) is 1.04. The molecule has 1 aliphatic rings. The van der Waals surface area contributed by atoms with E-state index in [-0.39, 0.29) is 11.7 Å². The highest BCUT2D eigenvalue weighted by molar-refractivity contribution is 5.97. The lowest BCUT2D eigenvalue weighted by Gasteiger charge is -1.86. The van der Waals surface area contributed by atoms with Gasteiger partial charge in [-0.3, -0.25) is 4.79 Å². The van der Waals surface area contributed by atoms with Gasteiger partial charge < -0.3 is 4.52 Å². The average molecular weight is 181 g/mol. The number of carbonyl (C=O) groups excluding carboxylic acids is 1. The number of ketones is 1. The largest absolute Gasteiger partial charge is 0.361 e. The normalized spacial score (nSPS) is 14.7. The smallest absolute Gasteiger partial charge is 0.187 e. The van der Waals surface area contributed by atoms with Gasteiger partial charge in [-0.15, -0.1) is 0 Å². The van der Waals surface area contributed by atoms with Crippen molar-refractivity contribution in [2.24, 2.45) is 5.92 Å². The van der Waals surface area contributed by atoms with E-state index in [1.807, 2.05) is 13.8 Å². The quantitative estimate of drug-likeness (QED) is 0.658. The molecule has 0 N–H and O–H groups in total. The zero-order valence-corrected chi connectivity index (χ0v) is 8.33. The predicted octanol–water partition coefficient (Wildman–Crippen LogP) is 2.60. The highest BCUT2D eigenvalue weighted by atomic mass is 16.5. The molecule has 1 heterocycles. The minimum Gasteiger partial charge on any atom is -0.361 e. The predicted molar refractivity (Wildman–Crippen MR) is 49.6 cm³/mol. The van der Waals surface area contributed by atoms with Crippen molar-refractivity contribution in [3.05, 3.63) is 17.5 Å². The van der Waals surface area contributed by atoms with Crippen molar-refractivity contribution >= 4 is 5.78 Å². The molecule has 3 nitrogen and oxygen atoms in total. The first-order valence-corrected chi connectivity index (χ1v) is 4.75. The lowest BCUT2D eigenvalue weighted by atomic mass is 10.2. The Labute approximate surface area is 78.1 Å². The SMILES string of the molecule is CC.Cc1cc(C(=O)C2CC2)no1. The Balaban J connectivity index is 0.000000396. The molecule has 0 bridgehead atoms. The van der Waals surface area contributed by atoms with Gasteiger partial charge in [-0.2, -0.15) is 0 Å². The van der Waals surface area contributed by atoms with Crippen LogP contribution in [0.3, 0.4) is 0 Å². The number of carbonyl (C=O) groups is 1. The van der Waals surface area contributed by atoms with Gasteiger partial charge in [-0.05, 0) is 19.8 Å². The van der Waals surface area contributed by atoms with Crippen LogP contribution in [0.5, 0.6) is 0 Å². The van der Waals surface area contributed by atoms with Gasteiger partial charge in [0.15, 0.2) is 5.78 Å². The Kier molecular flexibility index (Phi) is 3.23. The molecule has 0 spiro atoms. The molecule has 0 unspecified atom stereocenters. The van der Waals surface area contributed by atoms with Crippen molar-refractivity contribution in [1.29, 1.82) is 0 Å². The van der Waals surface area contributed by atoms with Gasteiger partial charge >= 0.3 is 0 Å². The van der Waals surface area contributed by atoms with E-state index in [1.165, 1.54) is 0 Å². The first kappa shape index (κ1) is 9.96. The average Bonchev–Trinajstić information content (AvgIpc) is 2.92. The number of aromatic nitrogens is 1. The minimum absolute atomic E-state index is 0.141. The van der Waals surface area contributed by atoms with Crippen LogP contribution in [0.2, 0.25) is 0 Å². The summed E-state index contributed by atoms with van der Waals surface area (Å²) in [6, 6.07) is 1.70.